The lowest BCUT2D eigenvalue weighted by atomic mass is 9.97. The average Bonchev–Trinajstić information content (AvgIpc) is 3.26. The van der Waals surface area contributed by atoms with Crippen LogP contribution in [0.2, 0.25) is 0 Å². The number of amides is 1. The van der Waals surface area contributed by atoms with Crippen LogP contribution >= 0.6 is 11.8 Å². The fourth-order valence-electron chi connectivity index (χ4n) is 3.86. The van der Waals surface area contributed by atoms with Crippen molar-refractivity contribution >= 4 is 23.6 Å². The first-order chi connectivity index (χ1) is 16.0. The van der Waals surface area contributed by atoms with Crippen LogP contribution in [0.4, 0.5) is 4.39 Å². The number of thioether (sulfide) groups is 1. The van der Waals surface area contributed by atoms with Gasteiger partial charge in [-0.15, -0.1) is 10.2 Å². The van der Waals surface area contributed by atoms with E-state index in [0.29, 0.717) is 42.5 Å². The molecule has 0 N–H and O–H groups in total. The molecule has 0 spiro atoms. The Morgan fingerprint density at radius 2 is 1.79 bits per heavy atom. The van der Waals surface area contributed by atoms with Crippen LogP contribution < -0.4 is 0 Å². The number of methoxy groups -OCH3 is 1. The number of hydrogen-bond donors (Lipinski definition) is 0. The standard InChI is InChI=1S/C24H25FN4O3S/c1-16-7-9-18(10-8-16)29-22(19-5-3-4-6-20(19)25)26-27-24(29)33-15-21(30)28-13-11-17(12-14-28)23(31)32-2/h3-10,17H,11-15H2,1-2H3. The number of likely N-dealkylation sites (tertiary alicyclic amines) is 1. The molecule has 2 heterocycles. The minimum absolute atomic E-state index is 0.0331. The minimum Gasteiger partial charge on any atom is -0.469 e. The van der Waals surface area contributed by atoms with E-state index in [0.717, 1.165) is 11.3 Å². The van der Waals surface area contributed by atoms with Crippen LogP contribution in [0.15, 0.2) is 53.7 Å². The molecule has 1 saturated heterocycles. The molecule has 33 heavy (non-hydrogen) atoms. The number of hydrogen-bond acceptors (Lipinski definition) is 6. The van der Waals surface area contributed by atoms with Crippen LogP contribution in [-0.4, -0.2) is 57.5 Å². The number of carbonyl (C=O) groups is 2. The van der Waals surface area contributed by atoms with Crippen molar-refractivity contribution in [2.75, 3.05) is 26.0 Å². The zero-order chi connectivity index (χ0) is 23.4. The highest BCUT2D eigenvalue weighted by molar-refractivity contribution is 7.99. The molecule has 0 aliphatic carbocycles. The minimum atomic E-state index is -0.389. The molecule has 7 nitrogen and oxygen atoms in total. The van der Waals surface area contributed by atoms with Crippen molar-refractivity contribution in [3.8, 4) is 17.1 Å². The Kier molecular flexibility index (Phi) is 7.08. The van der Waals surface area contributed by atoms with E-state index in [1.165, 1.54) is 24.9 Å². The highest BCUT2D eigenvalue weighted by atomic mass is 32.2. The normalized spacial score (nSPS) is 14.3. The molecule has 2 aromatic carbocycles. The Hall–Kier alpha value is -3.20. The molecule has 0 bridgehead atoms. The second-order valence-electron chi connectivity index (χ2n) is 7.92. The first-order valence-corrected chi connectivity index (χ1v) is 11.7. The quantitative estimate of drug-likeness (QED) is 0.404. The summed E-state index contributed by atoms with van der Waals surface area (Å²) in [6.07, 6.45) is 1.19. The summed E-state index contributed by atoms with van der Waals surface area (Å²) in [6, 6.07) is 14.2. The smallest absolute Gasteiger partial charge is 0.308 e. The SMILES string of the molecule is COC(=O)C1CCN(C(=O)CSc2nnc(-c3ccccc3F)n2-c2ccc(C)cc2)CC1. The van der Waals surface area contributed by atoms with Gasteiger partial charge in [0.05, 0.1) is 24.3 Å². The summed E-state index contributed by atoms with van der Waals surface area (Å²) in [5.74, 6) is -0.244. The fourth-order valence-corrected chi connectivity index (χ4v) is 4.71. The summed E-state index contributed by atoms with van der Waals surface area (Å²) in [5.41, 5.74) is 2.23. The lowest BCUT2D eigenvalue weighted by Crippen LogP contribution is -2.41. The number of ether oxygens (including phenoxy) is 1. The monoisotopic (exact) mass is 468 g/mol. The van der Waals surface area contributed by atoms with E-state index in [1.54, 1.807) is 27.7 Å². The molecule has 0 atom stereocenters. The van der Waals surface area contributed by atoms with E-state index in [9.17, 15) is 14.0 Å². The number of esters is 1. The van der Waals surface area contributed by atoms with E-state index in [4.69, 9.17) is 4.74 Å². The van der Waals surface area contributed by atoms with Crippen molar-refractivity contribution in [3.05, 3.63) is 59.9 Å². The Labute approximate surface area is 196 Å². The van der Waals surface area contributed by atoms with Gasteiger partial charge in [0.2, 0.25) is 5.91 Å². The van der Waals surface area contributed by atoms with Gasteiger partial charge >= 0.3 is 5.97 Å². The molecule has 4 rings (SSSR count). The summed E-state index contributed by atoms with van der Waals surface area (Å²) in [4.78, 5) is 26.3. The van der Waals surface area contributed by atoms with Gasteiger partial charge in [-0.3, -0.25) is 14.2 Å². The molecule has 3 aromatic rings. The van der Waals surface area contributed by atoms with Crippen LogP contribution in [0.25, 0.3) is 17.1 Å². The maximum Gasteiger partial charge on any atom is 0.308 e. The number of rotatable bonds is 6. The van der Waals surface area contributed by atoms with E-state index in [2.05, 4.69) is 10.2 Å². The van der Waals surface area contributed by atoms with Gasteiger partial charge in [0.25, 0.3) is 0 Å². The molecular formula is C24H25FN4O3S. The lowest BCUT2D eigenvalue weighted by Gasteiger charge is -2.30. The first kappa shape index (κ1) is 23.0. The predicted molar refractivity (Wildman–Crippen MR) is 124 cm³/mol. The zero-order valence-electron chi connectivity index (χ0n) is 18.5. The van der Waals surface area contributed by atoms with Crippen molar-refractivity contribution < 1.29 is 18.7 Å². The third-order valence-electron chi connectivity index (χ3n) is 5.75. The third kappa shape index (κ3) is 5.08. The van der Waals surface area contributed by atoms with Crippen LogP contribution in [0, 0.1) is 18.7 Å². The predicted octanol–water partition coefficient (Wildman–Crippen LogP) is 3.89. The molecule has 9 heteroatoms. The first-order valence-electron chi connectivity index (χ1n) is 10.7. The van der Waals surface area contributed by atoms with E-state index in [1.807, 2.05) is 31.2 Å². The number of carbonyl (C=O) groups excluding carboxylic acids is 2. The summed E-state index contributed by atoms with van der Waals surface area (Å²) in [5, 5.41) is 9.03. The van der Waals surface area contributed by atoms with Gasteiger partial charge in [-0.05, 0) is 44.0 Å². The summed E-state index contributed by atoms with van der Waals surface area (Å²) < 4.78 is 21.1. The van der Waals surface area contributed by atoms with Crippen molar-refractivity contribution in [2.45, 2.75) is 24.9 Å². The molecule has 1 fully saturated rings. The number of aryl methyl sites for hydroxylation is 1. The number of benzene rings is 2. The molecule has 172 valence electrons. The molecular weight excluding hydrogens is 443 g/mol. The maximum absolute atomic E-state index is 14.5. The maximum atomic E-state index is 14.5. The van der Waals surface area contributed by atoms with Gasteiger partial charge in [-0.2, -0.15) is 0 Å². The Balaban J connectivity index is 1.53. The van der Waals surface area contributed by atoms with E-state index >= 15 is 0 Å². The molecule has 0 unspecified atom stereocenters. The van der Waals surface area contributed by atoms with Gasteiger partial charge in [0, 0.05) is 18.8 Å². The summed E-state index contributed by atoms with van der Waals surface area (Å²) in [7, 11) is 1.39. The number of piperidine rings is 1. The van der Waals surface area contributed by atoms with Crippen molar-refractivity contribution in [1.82, 2.24) is 19.7 Å². The number of halogens is 1. The summed E-state index contributed by atoms with van der Waals surface area (Å²) in [6.45, 7) is 3.03. The number of aromatic nitrogens is 3. The Morgan fingerprint density at radius 1 is 1.09 bits per heavy atom. The van der Waals surface area contributed by atoms with Crippen molar-refractivity contribution in [2.24, 2.45) is 5.92 Å². The van der Waals surface area contributed by atoms with Crippen molar-refractivity contribution in [1.29, 1.82) is 0 Å². The van der Waals surface area contributed by atoms with E-state index < -0.39 is 0 Å². The number of nitrogens with zero attached hydrogens (tertiary/aromatic N) is 4. The van der Waals surface area contributed by atoms with Gasteiger partial charge < -0.3 is 9.64 Å². The van der Waals surface area contributed by atoms with Crippen LogP contribution in [0.5, 0.6) is 0 Å². The molecule has 1 aromatic heterocycles. The second kappa shape index (κ2) is 10.2. The van der Waals surface area contributed by atoms with Crippen LogP contribution in [-0.2, 0) is 14.3 Å². The third-order valence-corrected chi connectivity index (χ3v) is 6.66. The molecule has 1 amide bonds. The highest BCUT2D eigenvalue weighted by Gasteiger charge is 2.28. The topological polar surface area (TPSA) is 77.3 Å². The van der Waals surface area contributed by atoms with Gasteiger partial charge in [-0.25, -0.2) is 4.39 Å². The lowest BCUT2D eigenvalue weighted by molar-refractivity contribution is -0.148. The Bertz CT molecular complexity index is 1140. The molecule has 0 radical (unpaired) electrons. The van der Waals surface area contributed by atoms with Crippen LogP contribution in [0.1, 0.15) is 18.4 Å². The van der Waals surface area contributed by atoms with Gasteiger partial charge in [0.15, 0.2) is 11.0 Å². The molecule has 1 aliphatic heterocycles. The second-order valence-corrected chi connectivity index (χ2v) is 8.87. The van der Waals surface area contributed by atoms with Gasteiger partial charge in [0.1, 0.15) is 5.82 Å². The highest BCUT2D eigenvalue weighted by Crippen LogP contribution is 2.30. The molecule has 0 saturated carbocycles. The van der Waals surface area contributed by atoms with Gasteiger partial charge in [-0.1, -0.05) is 41.6 Å². The summed E-state index contributed by atoms with van der Waals surface area (Å²) >= 11 is 1.26. The Morgan fingerprint density at radius 3 is 2.45 bits per heavy atom. The zero-order valence-corrected chi connectivity index (χ0v) is 19.3. The largest absolute Gasteiger partial charge is 0.469 e. The van der Waals surface area contributed by atoms with E-state index in [-0.39, 0.29) is 29.4 Å². The fraction of sp³-hybridized carbons (Fsp3) is 0.333. The van der Waals surface area contributed by atoms with Crippen LogP contribution in [0.3, 0.4) is 0 Å². The average molecular weight is 469 g/mol. The molecule has 1 aliphatic rings. The van der Waals surface area contributed by atoms with Crippen molar-refractivity contribution in [3.63, 3.8) is 0 Å².